The van der Waals surface area contributed by atoms with E-state index in [2.05, 4.69) is 4.74 Å². The predicted octanol–water partition coefficient (Wildman–Crippen LogP) is 1.18. The average molecular weight is 138 g/mol. The molecule has 0 aliphatic rings. The van der Waals surface area contributed by atoms with Gasteiger partial charge >= 0.3 is 6.16 Å². The SMILES string of the molecule is [O]C(=O)OCCCCl. The molecule has 0 N–H and O–H groups in total. The third-order valence-electron chi connectivity index (χ3n) is 0.498. The lowest BCUT2D eigenvalue weighted by atomic mass is 10.5. The number of ether oxygens (including phenoxy) is 1. The van der Waals surface area contributed by atoms with Gasteiger partial charge in [-0.3, -0.25) is 0 Å². The topological polar surface area (TPSA) is 46.2 Å². The van der Waals surface area contributed by atoms with Crippen LogP contribution in [0.4, 0.5) is 4.79 Å². The molecule has 1 radical (unpaired) electrons. The van der Waals surface area contributed by atoms with Gasteiger partial charge in [-0.25, -0.2) is 0 Å². The summed E-state index contributed by atoms with van der Waals surface area (Å²) in [6.45, 7) is 0.131. The Morgan fingerprint density at radius 1 is 1.62 bits per heavy atom. The molecule has 0 aromatic rings. The van der Waals surface area contributed by atoms with Crippen molar-refractivity contribution in [3.05, 3.63) is 0 Å². The molecule has 0 saturated carbocycles. The van der Waals surface area contributed by atoms with Gasteiger partial charge < -0.3 is 4.74 Å². The van der Waals surface area contributed by atoms with Crippen LogP contribution in [0, 0.1) is 0 Å². The van der Waals surface area contributed by atoms with Gasteiger partial charge in [0, 0.05) is 5.88 Å². The van der Waals surface area contributed by atoms with Crippen molar-refractivity contribution in [2.75, 3.05) is 12.5 Å². The molecule has 4 heteroatoms. The van der Waals surface area contributed by atoms with E-state index in [0.29, 0.717) is 12.3 Å². The summed E-state index contributed by atoms with van der Waals surface area (Å²) in [4.78, 5) is 9.50. The van der Waals surface area contributed by atoms with Crippen LogP contribution in [0.5, 0.6) is 0 Å². The predicted molar refractivity (Wildman–Crippen MR) is 27.4 cm³/mol. The van der Waals surface area contributed by atoms with Crippen LogP contribution in [0.1, 0.15) is 6.42 Å². The van der Waals surface area contributed by atoms with Gasteiger partial charge in [0.1, 0.15) is 0 Å². The highest BCUT2D eigenvalue weighted by atomic mass is 35.5. The maximum absolute atomic E-state index is 9.50. The van der Waals surface area contributed by atoms with Gasteiger partial charge in [-0.15, -0.1) is 11.6 Å². The second-order valence-corrected chi connectivity index (χ2v) is 1.52. The van der Waals surface area contributed by atoms with Gasteiger partial charge in [-0.05, 0) is 6.42 Å². The Labute approximate surface area is 52.2 Å². The van der Waals surface area contributed by atoms with E-state index in [1.54, 1.807) is 0 Å². The zero-order valence-corrected chi connectivity index (χ0v) is 4.98. The number of carbonyl (C=O) groups is 1. The molecule has 0 rings (SSSR count). The maximum Gasteiger partial charge on any atom is 0.549 e. The molecular weight excluding hydrogens is 131 g/mol. The van der Waals surface area contributed by atoms with E-state index in [-0.39, 0.29) is 6.61 Å². The summed E-state index contributed by atoms with van der Waals surface area (Å²) < 4.78 is 4.00. The van der Waals surface area contributed by atoms with Crippen LogP contribution < -0.4 is 0 Å². The van der Waals surface area contributed by atoms with Crippen LogP contribution in [0.3, 0.4) is 0 Å². The fourth-order valence-electron chi connectivity index (χ4n) is 0.210. The quantitative estimate of drug-likeness (QED) is 0.333. The van der Waals surface area contributed by atoms with E-state index in [1.807, 2.05) is 0 Å². The normalized spacial score (nSPS) is 8.62. The minimum Gasteiger partial charge on any atom is -0.432 e. The zero-order chi connectivity index (χ0) is 6.41. The standard InChI is InChI=1S/C4H6ClO3/c5-2-1-3-8-4(6)7/h1-3H2. The van der Waals surface area contributed by atoms with Crippen LogP contribution in [-0.4, -0.2) is 18.6 Å². The van der Waals surface area contributed by atoms with E-state index >= 15 is 0 Å². The molecular formula is C4H6ClO3. The van der Waals surface area contributed by atoms with E-state index < -0.39 is 6.16 Å². The molecule has 0 atom stereocenters. The maximum atomic E-state index is 9.50. The summed E-state index contributed by atoms with van der Waals surface area (Å²) in [7, 11) is 0. The highest BCUT2D eigenvalue weighted by molar-refractivity contribution is 6.17. The molecule has 0 aromatic heterocycles. The van der Waals surface area contributed by atoms with Gasteiger partial charge in [0.15, 0.2) is 0 Å². The molecule has 0 saturated heterocycles. The van der Waals surface area contributed by atoms with E-state index in [9.17, 15) is 9.90 Å². The number of halogens is 1. The Balaban J connectivity index is 2.82. The van der Waals surface area contributed by atoms with Crippen molar-refractivity contribution < 1.29 is 14.6 Å². The number of hydrogen-bond acceptors (Lipinski definition) is 2. The van der Waals surface area contributed by atoms with Crippen molar-refractivity contribution in [2.45, 2.75) is 6.42 Å². The number of carbonyl (C=O) groups excluding carboxylic acids is 1. The van der Waals surface area contributed by atoms with Crippen molar-refractivity contribution in [3.63, 3.8) is 0 Å². The van der Waals surface area contributed by atoms with Gasteiger partial charge in [-0.2, -0.15) is 9.90 Å². The Hall–Kier alpha value is -0.440. The van der Waals surface area contributed by atoms with E-state index in [4.69, 9.17) is 11.6 Å². The van der Waals surface area contributed by atoms with Crippen LogP contribution in [0.15, 0.2) is 0 Å². The van der Waals surface area contributed by atoms with Crippen molar-refractivity contribution in [3.8, 4) is 0 Å². The fourth-order valence-corrected chi connectivity index (χ4v) is 0.319. The van der Waals surface area contributed by atoms with Crippen molar-refractivity contribution in [2.24, 2.45) is 0 Å². The molecule has 0 fully saturated rings. The third kappa shape index (κ3) is 5.56. The average Bonchev–Trinajstić information content (AvgIpc) is 1.66. The molecule has 0 amide bonds. The van der Waals surface area contributed by atoms with Crippen molar-refractivity contribution in [1.82, 2.24) is 0 Å². The lowest BCUT2D eigenvalue weighted by molar-refractivity contribution is 0.0681. The minimum atomic E-state index is -1.49. The summed E-state index contributed by atoms with van der Waals surface area (Å²) in [6, 6.07) is 0. The molecule has 0 bridgehead atoms. The molecule has 0 aromatic carbocycles. The Morgan fingerprint density at radius 2 is 2.25 bits per heavy atom. The highest BCUT2D eigenvalue weighted by Gasteiger charge is 1.95. The van der Waals surface area contributed by atoms with Crippen molar-refractivity contribution >= 4 is 17.8 Å². The third-order valence-corrected chi connectivity index (χ3v) is 0.765. The summed E-state index contributed by atoms with van der Waals surface area (Å²) >= 11 is 5.19. The lowest BCUT2D eigenvalue weighted by Crippen LogP contribution is -2.00. The fraction of sp³-hybridized carbons (Fsp3) is 0.750. The first-order chi connectivity index (χ1) is 3.77. The molecule has 0 aliphatic heterocycles. The highest BCUT2D eigenvalue weighted by Crippen LogP contribution is 1.85. The van der Waals surface area contributed by atoms with Gasteiger partial charge in [0.05, 0.1) is 6.61 Å². The van der Waals surface area contributed by atoms with E-state index in [1.165, 1.54) is 0 Å². The van der Waals surface area contributed by atoms with Crippen LogP contribution in [0.2, 0.25) is 0 Å². The monoisotopic (exact) mass is 137 g/mol. The first-order valence-electron chi connectivity index (χ1n) is 2.17. The molecule has 0 spiro atoms. The molecule has 0 unspecified atom stereocenters. The summed E-state index contributed by atoms with van der Waals surface area (Å²) in [5.41, 5.74) is 0. The Bertz CT molecular complexity index is 73.7. The summed E-state index contributed by atoms with van der Waals surface area (Å²) in [6.07, 6.45) is -0.953. The molecule has 0 aliphatic carbocycles. The molecule has 3 nitrogen and oxygen atoms in total. The van der Waals surface area contributed by atoms with Crippen LogP contribution in [-0.2, 0) is 9.84 Å². The smallest absolute Gasteiger partial charge is 0.432 e. The molecule has 8 heavy (non-hydrogen) atoms. The summed E-state index contributed by atoms with van der Waals surface area (Å²) in [5, 5.41) is 9.50. The second-order valence-electron chi connectivity index (χ2n) is 1.14. The van der Waals surface area contributed by atoms with E-state index in [0.717, 1.165) is 0 Å². The number of alkyl halides is 1. The van der Waals surface area contributed by atoms with Gasteiger partial charge in [-0.1, -0.05) is 0 Å². The Kier molecular flexibility index (Phi) is 4.45. The first-order valence-corrected chi connectivity index (χ1v) is 2.70. The van der Waals surface area contributed by atoms with Crippen molar-refractivity contribution in [1.29, 1.82) is 0 Å². The number of hydrogen-bond donors (Lipinski definition) is 0. The largest absolute Gasteiger partial charge is 0.549 e. The minimum absolute atomic E-state index is 0.131. The van der Waals surface area contributed by atoms with Crippen LogP contribution >= 0.6 is 11.6 Å². The molecule has 47 valence electrons. The van der Waals surface area contributed by atoms with Gasteiger partial charge in [0.25, 0.3) is 0 Å². The number of rotatable bonds is 3. The van der Waals surface area contributed by atoms with Crippen LogP contribution in [0.25, 0.3) is 0 Å². The zero-order valence-electron chi connectivity index (χ0n) is 4.22. The summed E-state index contributed by atoms with van der Waals surface area (Å²) in [5.74, 6) is 0.410. The van der Waals surface area contributed by atoms with Gasteiger partial charge in [0.2, 0.25) is 0 Å². The lowest BCUT2D eigenvalue weighted by Gasteiger charge is -1.91. The first kappa shape index (κ1) is 7.56. The molecule has 0 heterocycles. The Morgan fingerprint density at radius 3 is 2.62 bits per heavy atom. The second kappa shape index (κ2) is 4.71.